The van der Waals surface area contributed by atoms with Gasteiger partial charge in [-0.1, -0.05) is 13.3 Å². The normalized spacial score (nSPS) is 14.8. The highest BCUT2D eigenvalue weighted by Gasteiger charge is 2.34. The van der Waals surface area contributed by atoms with Gasteiger partial charge in [0.25, 0.3) is 0 Å². The van der Waals surface area contributed by atoms with Crippen LogP contribution in [0.5, 0.6) is 11.5 Å². The number of carbonyl (C=O) groups is 2. The molecule has 0 aromatic heterocycles. The van der Waals surface area contributed by atoms with Gasteiger partial charge in [-0.3, -0.25) is 4.79 Å². The summed E-state index contributed by atoms with van der Waals surface area (Å²) in [5, 5.41) is 2.85. The Labute approximate surface area is 206 Å². The van der Waals surface area contributed by atoms with Crippen LogP contribution in [0.15, 0.2) is 47.4 Å². The Balaban J connectivity index is 1.58. The molecule has 1 aliphatic heterocycles. The number of amides is 1. The molecule has 3 rings (SSSR count). The highest BCUT2D eigenvalue weighted by molar-refractivity contribution is 7.89. The first-order valence-electron chi connectivity index (χ1n) is 11.6. The molecule has 2 aromatic rings. The second kappa shape index (κ2) is 12.0. The lowest BCUT2D eigenvalue weighted by Crippen LogP contribution is -2.41. The summed E-state index contributed by atoms with van der Waals surface area (Å²) in [6.07, 6.45) is 2.53. The highest BCUT2D eigenvalue weighted by Crippen LogP contribution is 2.32. The van der Waals surface area contributed by atoms with Crippen LogP contribution in [0.2, 0.25) is 0 Å². The molecule has 1 heterocycles. The first-order valence-corrected chi connectivity index (χ1v) is 13.0. The van der Waals surface area contributed by atoms with E-state index >= 15 is 0 Å². The van der Waals surface area contributed by atoms with Gasteiger partial charge in [-0.15, -0.1) is 0 Å². The van der Waals surface area contributed by atoms with E-state index in [1.807, 2.05) is 6.92 Å². The van der Waals surface area contributed by atoms with Gasteiger partial charge in [-0.05, 0) is 55.7 Å². The van der Waals surface area contributed by atoms with Crippen molar-refractivity contribution in [2.24, 2.45) is 5.92 Å². The first-order chi connectivity index (χ1) is 16.8. The quantitative estimate of drug-likeness (QED) is 0.388. The van der Waals surface area contributed by atoms with Crippen LogP contribution in [-0.4, -0.2) is 58.5 Å². The number of nitrogens with one attached hydrogen (secondary N) is 1. The van der Waals surface area contributed by atoms with E-state index in [4.69, 9.17) is 14.2 Å². The molecule has 10 heteroatoms. The Morgan fingerprint density at radius 1 is 1.03 bits per heavy atom. The van der Waals surface area contributed by atoms with Crippen LogP contribution in [0.1, 0.15) is 43.0 Å². The largest absolute Gasteiger partial charge is 0.497 e. The van der Waals surface area contributed by atoms with Crippen LogP contribution in [0.3, 0.4) is 0 Å². The van der Waals surface area contributed by atoms with E-state index in [2.05, 4.69) is 5.32 Å². The zero-order valence-corrected chi connectivity index (χ0v) is 21.1. The monoisotopic (exact) mass is 504 g/mol. The van der Waals surface area contributed by atoms with Crippen molar-refractivity contribution in [1.29, 1.82) is 0 Å². The fourth-order valence-corrected chi connectivity index (χ4v) is 5.45. The number of benzene rings is 2. The summed E-state index contributed by atoms with van der Waals surface area (Å²) in [5.41, 5.74) is 0.988. The summed E-state index contributed by atoms with van der Waals surface area (Å²) < 4.78 is 43.4. The minimum absolute atomic E-state index is 0.0376. The van der Waals surface area contributed by atoms with E-state index in [0.717, 1.165) is 12.8 Å². The van der Waals surface area contributed by atoms with Crippen molar-refractivity contribution in [2.45, 2.75) is 37.5 Å². The summed E-state index contributed by atoms with van der Waals surface area (Å²) in [6.45, 7) is 2.82. The van der Waals surface area contributed by atoms with Gasteiger partial charge in [0, 0.05) is 30.8 Å². The van der Waals surface area contributed by atoms with Crippen molar-refractivity contribution in [1.82, 2.24) is 4.31 Å². The Hall–Kier alpha value is -3.11. The van der Waals surface area contributed by atoms with Crippen LogP contribution in [0, 0.1) is 5.92 Å². The third kappa shape index (κ3) is 6.52. The zero-order chi connectivity index (χ0) is 25.4. The van der Waals surface area contributed by atoms with Crippen molar-refractivity contribution in [3.05, 3.63) is 48.0 Å². The molecule has 0 radical (unpaired) electrons. The molecular weight excluding hydrogens is 472 g/mol. The lowest BCUT2D eigenvalue weighted by Gasteiger charge is -2.31. The smallest absolute Gasteiger partial charge is 0.338 e. The van der Waals surface area contributed by atoms with Gasteiger partial charge in [0.15, 0.2) is 0 Å². The van der Waals surface area contributed by atoms with E-state index in [0.29, 0.717) is 36.4 Å². The third-order valence-corrected chi connectivity index (χ3v) is 7.85. The average Bonchev–Trinajstić information content (AvgIpc) is 2.88. The van der Waals surface area contributed by atoms with Crippen molar-refractivity contribution in [3.63, 3.8) is 0 Å². The van der Waals surface area contributed by atoms with Gasteiger partial charge < -0.3 is 19.5 Å². The number of carbonyl (C=O) groups excluding carboxylic acids is 2. The standard InChI is InChI=1S/C25H32N2O7S/c1-4-5-16-34-25(29)19-6-8-20(9-7-19)26-24(28)18-12-14-27(15-13-18)35(30,31)23-17-21(32-2)10-11-22(23)33-3/h6-11,17-18H,4-5,12-16H2,1-3H3,(H,26,28). The molecule has 0 spiro atoms. The number of esters is 1. The SMILES string of the molecule is CCCCOC(=O)c1ccc(NC(=O)C2CCN(S(=O)(=O)c3cc(OC)ccc3OC)CC2)cc1. The maximum atomic E-state index is 13.2. The van der Waals surface area contributed by atoms with Crippen molar-refractivity contribution in [2.75, 3.05) is 39.2 Å². The summed E-state index contributed by atoms with van der Waals surface area (Å²) in [4.78, 5) is 24.8. The number of nitrogens with zero attached hydrogens (tertiary/aromatic N) is 1. The summed E-state index contributed by atoms with van der Waals surface area (Å²) in [6, 6.07) is 11.2. The van der Waals surface area contributed by atoms with Gasteiger partial charge in [-0.25, -0.2) is 13.2 Å². The molecule has 190 valence electrons. The molecule has 35 heavy (non-hydrogen) atoms. The number of methoxy groups -OCH3 is 2. The molecule has 1 fully saturated rings. The number of piperidine rings is 1. The lowest BCUT2D eigenvalue weighted by atomic mass is 9.97. The molecule has 2 aromatic carbocycles. The molecule has 1 saturated heterocycles. The molecule has 1 aliphatic rings. The maximum absolute atomic E-state index is 13.2. The van der Waals surface area contributed by atoms with Gasteiger partial charge in [0.05, 0.1) is 26.4 Å². The number of sulfonamides is 1. The van der Waals surface area contributed by atoms with E-state index in [-0.39, 0.29) is 35.6 Å². The average molecular weight is 505 g/mol. The van der Waals surface area contributed by atoms with Gasteiger partial charge in [0.2, 0.25) is 15.9 Å². The number of hydrogen-bond acceptors (Lipinski definition) is 7. The Morgan fingerprint density at radius 3 is 2.31 bits per heavy atom. The van der Waals surface area contributed by atoms with E-state index in [1.165, 1.54) is 24.6 Å². The fraction of sp³-hybridized carbons (Fsp3) is 0.440. The van der Waals surface area contributed by atoms with Crippen molar-refractivity contribution in [3.8, 4) is 11.5 Å². The Bertz CT molecular complexity index is 1130. The van der Waals surface area contributed by atoms with Gasteiger partial charge in [-0.2, -0.15) is 4.31 Å². The van der Waals surface area contributed by atoms with Crippen LogP contribution < -0.4 is 14.8 Å². The minimum atomic E-state index is -3.81. The molecule has 0 bridgehead atoms. The Morgan fingerprint density at radius 2 is 1.71 bits per heavy atom. The predicted octanol–water partition coefficient (Wildman–Crippen LogP) is 3.70. The van der Waals surface area contributed by atoms with Crippen LogP contribution in [0.4, 0.5) is 5.69 Å². The van der Waals surface area contributed by atoms with Crippen LogP contribution >= 0.6 is 0 Å². The molecule has 1 amide bonds. The number of anilines is 1. The third-order valence-electron chi connectivity index (χ3n) is 5.93. The first kappa shape index (κ1) is 26.5. The summed E-state index contributed by atoms with van der Waals surface area (Å²) >= 11 is 0. The zero-order valence-electron chi connectivity index (χ0n) is 20.3. The minimum Gasteiger partial charge on any atom is -0.497 e. The lowest BCUT2D eigenvalue weighted by molar-refractivity contribution is -0.120. The van der Waals surface area contributed by atoms with Crippen molar-refractivity contribution < 1.29 is 32.2 Å². The molecular formula is C25H32N2O7S. The topological polar surface area (TPSA) is 111 Å². The molecule has 0 saturated carbocycles. The molecule has 0 atom stereocenters. The summed E-state index contributed by atoms with van der Waals surface area (Å²) in [5.74, 6) is -0.244. The van der Waals surface area contributed by atoms with E-state index in [1.54, 1.807) is 36.4 Å². The summed E-state index contributed by atoms with van der Waals surface area (Å²) in [7, 11) is -0.931. The molecule has 9 nitrogen and oxygen atoms in total. The Kier molecular flexibility index (Phi) is 9.11. The molecule has 1 N–H and O–H groups in total. The second-order valence-corrected chi connectivity index (χ2v) is 10.2. The fourth-order valence-electron chi connectivity index (χ4n) is 3.81. The van der Waals surface area contributed by atoms with E-state index in [9.17, 15) is 18.0 Å². The van der Waals surface area contributed by atoms with Crippen LogP contribution in [0.25, 0.3) is 0 Å². The number of unbranched alkanes of at least 4 members (excludes halogenated alkanes) is 1. The maximum Gasteiger partial charge on any atom is 0.338 e. The van der Waals surface area contributed by atoms with E-state index < -0.39 is 16.0 Å². The number of ether oxygens (including phenoxy) is 3. The molecule has 0 unspecified atom stereocenters. The highest BCUT2D eigenvalue weighted by atomic mass is 32.2. The van der Waals surface area contributed by atoms with Gasteiger partial charge in [0.1, 0.15) is 16.4 Å². The predicted molar refractivity (Wildman–Crippen MR) is 131 cm³/mol. The second-order valence-electron chi connectivity index (χ2n) is 8.25. The van der Waals surface area contributed by atoms with Crippen molar-refractivity contribution >= 4 is 27.6 Å². The van der Waals surface area contributed by atoms with Crippen LogP contribution in [-0.2, 0) is 19.6 Å². The number of hydrogen-bond donors (Lipinski definition) is 1. The molecule has 0 aliphatic carbocycles. The number of rotatable bonds is 10. The van der Waals surface area contributed by atoms with Gasteiger partial charge >= 0.3 is 5.97 Å².